The molecule has 3 heteroatoms. The quantitative estimate of drug-likeness (QED) is 0.460. The van der Waals surface area contributed by atoms with Crippen molar-refractivity contribution in [3.05, 3.63) is 91.5 Å². The Labute approximate surface area is 139 Å². The molecule has 0 fully saturated rings. The molecular formula is C21H14N3. The molecule has 2 heterocycles. The largest absolute Gasteiger partial charge is 0.309 e. The predicted molar refractivity (Wildman–Crippen MR) is 96.7 cm³/mol. The summed E-state index contributed by atoms with van der Waals surface area (Å²) in [4.78, 5) is 4.15. The normalized spacial score (nSPS) is 11.3. The van der Waals surface area contributed by atoms with Gasteiger partial charge in [0.1, 0.15) is 0 Å². The summed E-state index contributed by atoms with van der Waals surface area (Å²) < 4.78 is 4.33. The van der Waals surface area contributed by atoms with E-state index in [1.54, 1.807) is 6.20 Å². The van der Waals surface area contributed by atoms with Gasteiger partial charge in [0.25, 0.3) is 0 Å². The maximum atomic E-state index is 4.15. The van der Waals surface area contributed by atoms with Gasteiger partial charge < -0.3 is 9.13 Å². The zero-order valence-electron chi connectivity index (χ0n) is 12.9. The second-order valence-electron chi connectivity index (χ2n) is 5.79. The molecule has 3 nitrogen and oxygen atoms in total. The van der Waals surface area contributed by atoms with Crippen molar-refractivity contribution in [2.24, 2.45) is 0 Å². The summed E-state index contributed by atoms with van der Waals surface area (Å²) in [5, 5.41) is 2.43. The highest BCUT2D eigenvalue weighted by atomic mass is 15.0. The second-order valence-corrected chi connectivity index (χ2v) is 5.79. The van der Waals surface area contributed by atoms with E-state index in [-0.39, 0.29) is 0 Å². The molecule has 0 amide bonds. The minimum absolute atomic E-state index is 1.11. The Morgan fingerprint density at radius 2 is 1.71 bits per heavy atom. The lowest BCUT2D eigenvalue weighted by Gasteiger charge is -2.08. The lowest BCUT2D eigenvalue weighted by molar-refractivity contribution is 1.06. The van der Waals surface area contributed by atoms with Crippen LogP contribution in [-0.2, 0) is 0 Å². The first-order valence-electron chi connectivity index (χ1n) is 7.90. The third kappa shape index (κ3) is 1.88. The topological polar surface area (TPSA) is 22.8 Å². The average molecular weight is 308 g/mol. The van der Waals surface area contributed by atoms with Gasteiger partial charge in [0.2, 0.25) is 0 Å². The van der Waals surface area contributed by atoms with Crippen molar-refractivity contribution in [1.29, 1.82) is 0 Å². The summed E-state index contributed by atoms with van der Waals surface area (Å²) in [5.41, 5.74) is 4.66. The highest BCUT2D eigenvalue weighted by molar-refractivity contribution is 6.09. The van der Waals surface area contributed by atoms with E-state index in [9.17, 15) is 0 Å². The Morgan fingerprint density at radius 3 is 2.54 bits per heavy atom. The van der Waals surface area contributed by atoms with Crippen LogP contribution in [0.25, 0.3) is 33.2 Å². The van der Waals surface area contributed by atoms with Gasteiger partial charge in [-0.15, -0.1) is 0 Å². The fraction of sp³-hybridized carbons (Fsp3) is 0. The number of imidazole rings is 1. The molecule has 5 aromatic rings. The van der Waals surface area contributed by atoms with Gasteiger partial charge in [-0.25, -0.2) is 4.98 Å². The Kier molecular flexibility index (Phi) is 2.79. The molecule has 0 saturated heterocycles. The highest BCUT2D eigenvalue weighted by Gasteiger charge is 2.12. The van der Waals surface area contributed by atoms with Crippen LogP contribution in [0.15, 0.2) is 85.5 Å². The van der Waals surface area contributed by atoms with E-state index >= 15 is 0 Å². The van der Waals surface area contributed by atoms with E-state index in [0.717, 1.165) is 5.69 Å². The van der Waals surface area contributed by atoms with Gasteiger partial charge >= 0.3 is 0 Å². The van der Waals surface area contributed by atoms with E-state index in [1.807, 2.05) is 29.2 Å². The van der Waals surface area contributed by atoms with E-state index in [1.165, 1.54) is 27.5 Å². The minimum Gasteiger partial charge on any atom is -0.309 e. The number of hydrogen-bond acceptors (Lipinski definition) is 1. The summed E-state index contributed by atoms with van der Waals surface area (Å²) in [5.74, 6) is 0. The zero-order chi connectivity index (χ0) is 15.9. The zero-order valence-corrected chi connectivity index (χ0v) is 12.9. The lowest BCUT2D eigenvalue weighted by atomic mass is 10.1. The van der Waals surface area contributed by atoms with Crippen LogP contribution in [0.3, 0.4) is 0 Å². The predicted octanol–water partition coefficient (Wildman–Crippen LogP) is 4.77. The van der Waals surface area contributed by atoms with Crippen LogP contribution >= 0.6 is 0 Å². The molecule has 0 unspecified atom stereocenters. The molecule has 0 aliphatic carbocycles. The van der Waals surface area contributed by atoms with Crippen molar-refractivity contribution in [3.8, 4) is 11.4 Å². The van der Waals surface area contributed by atoms with Gasteiger partial charge in [0, 0.05) is 34.5 Å². The van der Waals surface area contributed by atoms with Gasteiger partial charge in [-0.1, -0.05) is 24.3 Å². The molecule has 1 radical (unpaired) electrons. The summed E-state index contributed by atoms with van der Waals surface area (Å²) in [7, 11) is 0. The first kappa shape index (κ1) is 13.1. The van der Waals surface area contributed by atoms with Gasteiger partial charge in [0.05, 0.1) is 17.4 Å². The second kappa shape index (κ2) is 5.10. The summed E-state index contributed by atoms with van der Waals surface area (Å²) >= 11 is 0. The summed E-state index contributed by atoms with van der Waals surface area (Å²) in [6.07, 6.45) is 5.58. The standard InChI is InChI=1S/C21H14N3/c1-2-6-16(7-3-1)24-20-9-5-4-8-18(20)19-14-17(10-11-21(19)24)23-13-12-22-15-23/h1-3,5-15H. The molecule has 2 aromatic heterocycles. The van der Waals surface area contributed by atoms with Crippen molar-refractivity contribution in [1.82, 2.24) is 14.1 Å². The van der Waals surface area contributed by atoms with Crippen molar-refractivity contribution < 1.29 is 0 Å². The van der Waals surface area contributed by atoms with Gasteiger partial charge in [-0.3, -0.25) is 0 Å². The van der Waals surface area contributed by atoms with Crippen LogP contribution in [0.4, 0.5) is 0 Å². The number of fused-ring (bicyclic) bond motifs is 3. The molecule has 113 valence electrons. The molecule has 0 bridgehead atoms. The van der Waals surface area contributed by atoms with E-state index in [2.05, 4.69) is 70.2 Å². The van der Waals surface area contributed by atoms with E-state index < -0.39 is 0 Å². The fourth-order valence-corrected chi connectivity index (χ4v) is 3.33. The third-order valence-corrected chi connectivity index (χ3v) is 4.41. The molecule has 0 aliphatic rings. The molecule has 0 aliphatic heterocycles. The Balaban J connectivity index is 1.89. The highest BCUT2D eigenvalue weighted by Crippen LogP contribution is 2.32. The molecule has 0 saturated carbocycles. The summed E-state index contributed by atoms with van der Waals surface area (Å²) in [6.45, 7) is 0. The molecule has 0 atom stereocenters. The van der Waals surface area contributed by atoms with Crippen molar-refractivity contribution in [2.75, 3.05) is 0 Å². The Hall–Kier alpha value is -3.33. The first-order valence-corrected chi connectivity index (χ1v) is 7.90. The van der Waals surface area contributed by atoms with Crippen molar-refractivity contribution in [3.63, 3.8) is 0 Å². The molecule has 24 heavy (non-hydrogen) atoms. The molecular weight excluding hydrogens is 294 g/mol. The smallest absolute Gasteiger partial charge is 0.0991 e. The van der Waals surface area contributed by atoms with E-state index in [0.29, 0.717) is 0 Å². The number of hydrogen-bond donors (Lipinski definition) is 0. The Bertz CT molecular complexity index is 1140. The van der Waals surface area contributed by atoms with Crippen molar-refractivity contribution in [2.45, 2.75) is 0 Å². The molecule has 0 N–H and O–H groups in total. The van der Waals surface area contributed by atoms with Gasteiger partial charge in [0.15, 0.2) is 0 Å². The van der Waals surface area contributed by atoms with Crippen LogP contribution in [0.2, 0.25) is 0 Å². The monoisotopic (exact) mass is 308 g/mol. The van der Waals surface area contributed by atoms with Gasteiger partial charge in [-0.2, -0.15) is 0 Å². The van der Waals surface area contributed by atoms with Gasteiger partial charge in [-0.05, 0) is 48.5 Å². The number of rotatable bonds is 2. The van der Waals surface area contributed by atoms with Crippen LogP contribution in [0, 0.1) is 6.07 Å². The number of aromatic nitrogens is 3. The first-order chi connectivity index (χ1) is 11.9. The Morgan fingerprint density at radius 1 is 0.833 bits per heavy atom. The van der Waals surface area contributed by atoms with Crippen LogP contribution in [0.5, 0.6) is 0 Å². The van der Waals surface area contributed by atoms with Crippen LogP contribution < -0.4 is 0 Å². The number of benzene rings is 3. The number of nitrogens with zero attached hydrogens (tertiary/aromatic N) is 3. The fourth-order valence-electron chi connectivity index (χ4n) is 3.33. The van der Waals surface area contributed by atoms with E-state index in [4.69, 9.17) is 0 Å². The minimum atomic E-state index is 1.11. The summed E-state index contributed by atoms with van der Waals surface area (Å²) in [6, 6.07) is 26.4. The average Bonchev–Trinajstić information content (AvgIpc) is 3.28. The van der Waals surface area contributed by atoms with Crippen molar-refractivity contribution >= 4 is 21.8 Å². The SMILES string of the molecule is [c]1ccc2c(c1)c1cc(-n3ccnc3)ccc1n2-c1ccccc1. The maximum absolute atomic E-state index is 4.15. The molecule has 0 spiro atoms. The van der Waals surface area contributed by atoms with Crippen LogP contribution in [0.1, 0.15) is 0 Å². The number of para-hydroxylation sites is 1. The third-order valence-electron chi connectivity index (χ3n) is 4.41. The molecule has 5 rings (SSSR count). The van der Waals surface area contributed by atoms with Crippen LogP contribution in [-0.4, -0.2) is 14.1 Å². The maximum Gasteiger partial charge on any atom is 0.0991 e. The lowest BCUT2D eigenvalue weighted by Crippen LogP contribution is -1.94. The molecule has 3 aromatic carbocycles.